The highest BCUT2D eigenvalue weighted by Crippen LogP contribution is 2.32. The van der Waals surface area contributed by atoms with Gasteiger partial charge in [-0.25, -0.2) is 0 Å². The van der Waals surface area contributed by atoms with Gasteiger partial charge in [-0.3, -0.25) is 14.5 Å². The second-order valence-corrected chi connectivity index (χ2v) is 8.81. The van der Waals surface area contributed by atoms with Gasteiger partial charge in [0.25, 0.3) is 0 Å². The minimum atomic E-state index is -0.102. The normalized spacial score (nSPS) is 20.0. The molecule has 2 amide bonds. The largest absolute Gasteiger partial charge is 0.352 e. The van der Waals surface area contributed by atoms with Crippen molar-refractivity contribution in [2.45, 2.75) is 38.6 Å². The molecular weight excluding hydrogens is 410 g/mol. The van der Waals surface area contributed by atoms with Gasteiger partial charge in [-0.15, -0.1) is 10.2 Å². The number of anilines is 2. The Labute approximate surface area is 179 Å². The highest BCUT2D eigenvalue weighted by atomic mass is 35.5. The number of benzene rings is 1. The van der Waals surface area contributed by atoms with Crippen LogP contribution in [0.3, 0.4) is 0 Å². The fraction of sp³-hybridized carbons (Fsp3) is 0.500. The van der Waals surface area contributed by atoms with Gasteiger partial charge >= 0.3 is 0 Å². The van der Waals surface area contributed by atoms with E-state index in [9.17, 15) is 9.59 Å². The highest BCUT2D eigenvalue weighted by Gasteiger charge is 2.29. The summed E-state index contributed by atoms with van der Waals surface area (Å²) in [5.74, 6) is 0.0511. The number of rotatable bonds is 5. The molecule has 0 radical (unpaired) electrons. The van der Waals surface area contributed by atoms with E-state index in [0.29, 0.717) is 36.2 Å². The van der Waals surface area contributed by atoms with E-state index in [0.717, 1.165) is 42.9 Å². The second kappa shape index (κ2) is 9.09. The molecule has 0 spiro atoms. The van der Waals surface area contributed by atoms with Gasteiger partial charge in [-0.1, -0.05) is 41.1 Å². The van der Waals surface area contributed by atoms with Gasteiger partial charge in [0.2, 0.25) is 22.1 Å². The van der Waals surface area contributed by atoms with E-state index in [1.165, 1.54) is 11.3 Å². The zero-order chi connectivity index (χ0) is 20.2. The zero-order valence-corrected chi connectivity index (χ0v) is 17.7. The average molecular weight is 434 g/mol. The third kappa shape index (κ3) is 4.70. The van der Waals surface area contributed by atoms with E-state index >= 15 is 0 Å². The highest BCUT2D eigenvalue weighted by molar-refractivity contribution is 7.19. The SMILES string of the molecule is O=C(NCc1ccccc1Cl)[C@@H]1CCCN(c2nnc(N3CCCCC3=O)s2)C1. The van der Waals surface area contributed by atoms with Crippen molar-refractivity contribution < 1.29 is 9.59 Å². The van der Waals surface area contributed by atoms with Crippen molar-refractivity contribution in [2.24, 2.45) is 5.92 Å². The molecule has 154 valence electrons. The third-order valence-electron chi connectivity index (χ3n) is 5.43. The number of amides is 2. The number of carbonyl (C=O) groups is 2. The summed E-state index contributed by atoms with van der Waals surface area (Å²) in [5, 5.41) is 13.6. The zero-order valence-electron chi connectivity index (χ0n) is 16.1. The number of aromatic nitrogens is 2. The number of hydrogen-bond acceptors (Lipinski definition) is 6. The minimum absolute atomic E-state index is 0.0329. The maximum Gasteiger partial charge on any atom is 0.228 e. The molecular formula is C20H24ClN5O2S. The first-order valence-electron chi connectivity index (χ1n) is 10.0. The maximum absolute atomic E-state index is 12.7. The quantitative estimate of drug-likeness (QED) is 0.783. The summed E-state index contributed by atoms with van der Waals surface area (Å²) in [6.45, 7) is 2.59. The monoisotopic (exact) mass is 433 g/mol. The van der Waals surface area contributed by atoms with E-state index in [2.05, 4.69) is 20.4 Å². The van der Waals surface area contributed by atoms with Crippen LogP contribution in [-0.4, -0.2) is 41.6 Å². The van der Waals surface area contributed by atoms with Gasteiger partial charge in [-0.2, -0.15) is 0 Å². The van der Waals surface area contributed by atoms with E-state index < -0.39 is 0 Å². The van der Waals surface area contributed by atoms with Crippen molar-refractivity contribution in [3.05, 3.63) is 34.9 Å². The molecule has 7 nitrogen and oxygen atoms in total. The van der Waals surface area contributed by atoms with Crippen LogP contribution < -0.4 is 15.1 Å². The predicted octanol–water partition coefficient (Wildman–Crippen LogP) is 3.24. The fourth-order valence-electron chi connectivity index (χ4n) is 3.79. The number of carbonyl (C=O) groups excluding carboxylic acids is 2. The number of nitrogens with one attached hydrogen (secondary N) is 1. The minimum Gasteiger partial charge on any atom is -0.352 e. The molecule has 0 bridgehead atoms. The van der Waals surface area contributed by atoms with Crippen LogP contribution in [0.25, 0.3) is 0 Å². The summed E-state index contributed by atoms with van der Waals surface area (Å²) in [6.07, 6.45) is 4.28. The molecule has 2 aromatic rings. The Bertz CT molecular complexity index is 889. The molecule has 1 aromatic heterocycles. The van der Waals surface area contributed by atoms with Crippen LogP contribution in [0.15, 0.2) is 24.3 Å². The van der Waals surface area contributed by atoms with Gasteiger partial charge in [0, 0.05) is 37.6 Å². The predicted molar refractivity (Wildman–Crippen MR) is 114 cm³/mol. The number of halogens is 1. The molecule has 1 atom stereocenters. The third-order valence-corrected chi connectivity index (χ3v) is 6.81. The topological polar surface area (TPSA) is 78.4 Å². The Hall–Kier alpha value is -2.19. The molecule has 9 heteroatoms. The van der Waals surface area contributed by atoms with Crippen molar-refractivity contribution >= 4 is 45.0 Å². The summed E-state index contributed by atoms with van der Waals surface area (Å²) in [6, 6.07) is 7.53. The number of piperidine rings is 2. The van der Waals surface area contributed by atoms with Crippen molar-refractivity contribution in [3.63, 3.8) is 0 Å². The lowest BCUT2D eigenvalue weighted by Gasteiger charge is -2.31. The number of hydrogen-bond donors (Lipinski definition) is 1. The van der Waals surface area contributed by atoms with Gasteiger partial charge < -0.3 is 10.2 Å². The molecule has 0 unspecified atom stereocenters. The van der Waals surface area contributed by atoms with Crippen LogP contribution in [0, 0.1) is 5.92 Å². The first kappa shape index (κ1) is 20.1. The summed E-state index contributed by atoms with van der Waals surface area (Å²) in [5.41, 5.74) is 0.912. The van der Waals surface area contributed by atoms with Crippen molar-refractivity contribution in [1.82, 2.24) is 15.5 Å². The van der Waals surface area contributed by atoms with Crippen LogP contribution in [0.5, 0.6) is 0 Å². The molecule has 0 aliphatic carbocycles. The van der Waals surface area contributed by atoms with Crippen LogP contribution in [0.4, 0.5) is 10.3 Å². The molecule has 1 N–H and O–H groups in total. The average Bonchev–Trinajstić information content (AvgIpc) is 3.23. The van der Waals surface area contributed by atoms with Gasteiger partial charge in [0.05, 0.1) is 5.92 Å². The van der Waals surface area contributed by atoms with Crippen molar-refractivity contribution in [1.29, 1.82) is 0 Å². The van der Waals surface area contributed by atoms with Crippen LogP contribution in [-0.2, 0) is 16.1 Å². The molecule has 2 aliphatic heterocycles. The van der Waals surface area contributed by atoms with Crippen LogP contribution in [0.2, 0.25) is 5.02 Å². The summed E-state index contributed by atoms with van der Waals surface area (Å²) < 4.78 is 0. The van der Waals surface area contributed by atoms with Gasteiger partial charge in [0.15, 0.2) is 0 Å². The molecule has 2 saturated heterocycles. The van der Waals surface area contributed by atoms with E-state index in [-0.39, 0.29) is 17.7 Å². The van der Waals surface area contributed by atoms with Gasteiger partial charge in [-0.05, 0) is 37.3 Å². The Balaban J connectivity index is 1.36. The smallest absolute Gasteiger partial charge is 0.228 e. The summed E-state index contributed by atoms with van der Waals surface area (Å²) in [4.78, 5) is 28.7. The molecule has 3 heterocycles. The van der Waals surface area contributed by atoms with Crippen LogP contribution >= 0.6 is 22.9 Å². The Kier molecular flexibility index (Phi) is 6.30. The molecule has 2 fully saturated rings. The molecule has 1 aromatic carbocycles. The fourth-order valence-corrected chi connectivity index (χ4v) is 4.91. The van der Waals surface area contributed by atoms with E-state index in [1.807, 2.05) is 24.3 Å². The molecule has 2 aliphatic rings. The first-order chi connectivity index (χ1) is 14.1. The Morgan fingerprint density at radius 3 is 2.83 bits per heavy atom. The second-order valence-electron chi connectivity index (χ2n) is 7.46. The number of nitrogens with zero attached hydrogens (tertiary/aromatic N) is 4. The summed E-state index contributed by atoms with van der Waals surface area (Å²) >= 11 is 7.61. The Morgan fingerprint density at radius 2 is 2.00 bits per heavy atom. The van der Waals surface area contributed by atoms with Crippen molar-refractivity contribution in [3.8, 4) is 0 Å². The van der Waals surface area contributed by atoms with Crippen LogP contribution in [0.1, 0.15) is 37.7 Å². The lowest BCUT2D eigenvalue weighted by atomic mass is 9.97. The summed E-state index contributed by atoms with van der Waals surface area (Å²) in [7, 11) is 0. The molecule has 29 heavy (non-hydrogen) atoms. The lowest BCUT2D eigenvalue weighted by molar-refractivity contribution is -0.125. The van der Waals surface area contributed by atoms with Crippen molar-refractivity contribution in [2.75, 3.05) is 29.4 Å². The van der Waals surface area contributed by atoms with Gasteiger partial charge in [0.1, 0.15) is 0 Å². The standard InChI is InChI=1S/C20H24ClN5O2S/c21-16-8-2-1-6-14(16)12-22-18(28)15-7-5-10-25(13-15)19-23-24-20(29-19)26-11-4-3-9-17(26)27/h1-2,6,8,15H,3-5,7,9-13H2,(H,22,28)/t15-/m1/s1. The molecule has 4 rings (SSSR count). The maximum atomic E-state index is 12.7. The van der Waals surface area contributed by atoms with E-state index in [4.69, 9.17) is 11.6 Å². The lowest BCUT2D eigenvalue weighted by Crippen LogP contribution is -2.43. The molecule has 0 saturated carbocycles. The Morgan fingerprint density at radius 1 is 1.17 bits per heavy atom. The first-order valence-corrected chi connectivity index (χ1v) is 11.2. The van der Waals surface area contributed by atoms with E-state index in [1.54, 1.807) is 4.90 Å².